The highest BCUT2D eigenvalue weighted by Gasteiger charge is 2.55. The van der Waals surface area contributed by atoms with Gasteiger partial charge in [0, 0.05) is 45.2 Å². The van der Waals surface area contributed by atoms with Crippen molar-refractivity contribution in [3.63, 3.8) is 0 Å². The van der Waals surface area contributed by atoms with Gasteiger partial charge >= 0.3 is 5.97 Å². The molecule has 16 atom stereocenters. The third-order valence-electron chi connectivity index (χ3n) is 16.2. The van der Waals surface area contributed by atoms with Crippen molar-refractivity contribution in [2.75, 3.05) is 33.1 Å². The number of carbonyl (C=O) groups is 4. The van der Waals surface area contributed by atoms with E-state index >= 15 is 0 Å². The molecule has 382 valence electrons. The van der Waals surface area contributed by atoms with Crippen molar-refractivity contribution >= 4 is 33.5 Å². The van der Waals surface area contributed by atoms with E-state index in [-0.39, 0.29) is 66.6 Å². The number of amides is 1. The molecule has 1 aliphatic carbocycles. The Morgan fingerprint density at radius 2 is 1.56 bits per heavy atom. The number of sulfonamides is 1. The van der Waals surface area contributed by atoms with Crippen molar-refractivity contribution in [3.8, 4) is 0 Å². The van der Waals surface area contributed by atoms with Crippen LogP contribution in [0.25, 0.3) is 0 Å². The molecular formula is C52H80N2O13S. The summed E-state index contributed by atoms with van der Waals surface area (Å²) in [7, 11) is -0.564. The molecule has 5 aliphatic heterocycles. The highest BCUT2D eigenvalue weighted by Crippen LogP contribution is 2.44. The zero-order chi connectivity index (χ0) is 49.7. The Bertz CT molecular complexity index is 2040. The number of nitrogens with zero attached hydrogens (tertiary/aromatic N) is 2. The molecule has 68 heavy (non-hydrogen) atoms. The number of rotatable bonds is 5. The number of hydrogen-bond acceptors (Lipinski definition) is 13. The smallest absolute Gasteiger partial charge is 0.329 e. The summed E-state index contributed by atoms with van der Waals surface area (Å²) < 4.78 is 52.2. The van der Waals surface area contributed by atoms with Crippen molar-refractivity contribution in [2.45, 2.75) is 180 Å². The van der Waals surface area contributed by atoms with Crippen molar-refractivity contribution < 1.29 is 61.9 Å². The van der Waals surface area contributed by atoms with E-state index in [1.54, 1.807) is 21.0 Å². The van der Waals surface area contributed by atoms with Gasteiger partial charge in [0.15, 0.2) is 5.78 Å². The van der Waals surface area contributed by atoms with Crippen molar-refractivity contribution in [2.24, 2.45) is 41.4 Å². The Morgan fingerprint density at radius 3 is 2.25 bits per heavy atom. The van der Waals surface area contributed by atoms with Crippen LogP contribution in [0, 0.1) is 41.4 Å². The normalized spacial score (nSPS) is 42.8. The van der Waals surface area contributed by atoms with E-state index in [2.05, 4.69) is 0 Å². The summed E-state index contributed by atoms with van der Waals surface area (Å²) in [6.45, 7) is 11.6. The second kappa shape index (κ2) is 23.4. The van der Waals surface area contributed by atoms with Gasteiger partial charge in [0.25, 0.3) is 11.7 Å². The van der Waals surface area contributed by atoms with E-state index in [9.17, 15) is 42.9 Å². The molecule has 16 heteroatoms. The second-order valence-electron chi connectivity index (χ2n) is 21.2. The minimum absolute atomic E-state index is 0.00280. The first-order valence-corrected chi connectivity index (χ1v) is 26.9. The van der Waals surface area contributed by atoms with Gasteiger partial charge in [-0.05, 0) is 132 Å². The number of methoxy groups -OCH3 is 2. The van der Waals surface area contributed by atoms with Crippen LogP contribution in [0.1, 0.15) is 125 Å². The number of carbonyl (C=O) groups excluding carboxylic acids is 4. The lowest BCUT2D eigenvalue weighted by atomic mass is 9.71. The van der Waals surface area contributed by atoms with Crippen LogP contribution in [0.15, 0.2) is 47.6 Å². The molecule has 5 heterocycles. The number of hydrogen-bond donors (Lipinski definition) is 3. The maximum Gasteiger partial charge on any atom is 0.329 e. The molecule has 0 aromatic heterocycles. The monoisotopic (exact) mass is 973 g/mol. The van der Waals surface area contributed by atoms with E-state index in [0.717, 1.165) is 18.4 Å². The van der Waals surface area contributed by atoms with E-state index < -0.39 is 87.9 Å². The molecule has 0 spiro atoms. The Balaban J connectivity index is 1.33. The maximum atomic E-state index is 14.5. The Hall–Kier alpha value is -3.09. The summed E-state index contributed by atoms with van der Waals surface area (Å²) in [4.78, 5) is 58.3. The number of aliphatic hydroxyl groups excluding tert-OH is 2. The Morgan fingerprint density at radius 1 is 0.809 bits per heavy atom. The van der Waals surface area contributed by atoms with Crippen LogP contribution in [0.2, 0.25) is 0 Å². The van der Waals surface area contributed by atoms with Gasteiger partial charge in [-0.25, -0.2) is 13.2 Å². The van der Waals surface area contributed by atoms with Crippen LogP contribution in [0.5, 0.6) is 0 Å². The first kappa shape index (κ1) is 54.2. The standard InChI is InChI=1S/C52H80N2O13S/c1-31-13-10-9-11-14-33(3)41(54-22-12-24-68(54,62)63)30-39-18-16-36(6)52(61,67-39)49(58)50(59)53-23-21-38-29-42(53)51(60)66-44(40(38)27-37-17-19-43(55)45(28-37)64-7)20-15-32(2)26-35(5)47(57)48(65-8)46(56)34(4)25-31/h9-11,13-14,26,31-32,34,36-45,47-48,55,57,61H,12,15-25,27-30H2,1-8H3/b11-9+,13-10+,33-14?,35-26+/t31-,32+,34-,36-,37+,38?,39+,40+,41+,42+,43-,44+,45-,47-,48+,52-/m1/s1. The summed E-state index contributed by atoms with van der Waals surface area (Å²) in [6, 6.07) is -1.70. The SMILES string of the molecule is CO[C@@H]1C[C@H](C[C@H]2C3CCN4C(=O)C(=O)[C@]5(O)O[C@@H](CC[C@H]5C)C[C@H](N5CCCS5(=O)=O)C(C)=C/C=C/C=C/[C@@H](C)C[C@@H](C)C(=O)[C@H](OC)[C@H](O)/C(C)=C/[C@@H](C)CC[C@@H]2OC(=O)[C@@H]4C3)CC[C@H]1O. The van der Waals surface area contributed by atoms with Gasteiger partial charge in [0.1, 0.15) is 24.4 Å². The fraction of sp³-hybridized carbons (Fsp3) is 0.769. The number of piperidine rings is 1. The molecule has 6 rings (SSSR count). The lowest BCUT2D eigenvalue weighted by Gasteiger charge is -2.44. The van der Waals surface area contributed by atoms with Gasteiger partial charge in [-0.2, -0.15) is 4.31 Å². The summed E-state index contributed by atoms with van der Waals surface area (Å²) in [5.41, 5.74) is 1.33. The number of aliphatic hydroxyl groups is 3. The number of fused-ring (bicyclic) bond motifs is 5. The van der Waals surface area contributed by atoms with Gasteiger partial charge < -0.3 is 39.2 Å². The quantitative estimate of drug-likeness (QED) is 0.174. The van der Waals surface area contributed by atoms with Gasteiger partial charge in [0.05, 0.1) is 24.1 Å². The third kappa shape index (κ3) is 12.5. The van der Waals surface area contributed by atoms with E-state index in [1.165, 1.54) is 16.3 Å². The molecule has 6 aliphatic rings. The molecule has 0 aromatic carbocycles. The molecule has 0 radical (unpaired) electrons. The third-order valence-corrected chi connectivity index (χ3v) is 18.2. The molecule has 1 amide bonds. The summed E-state index contributed by atoms with van der Waals surface area (Å²) in [5, 5.41) is 34.3. The Kier molecular flexibility index (Phi) is 18.7. The predicted molar refractivity (Wildman–Crippen MR) is 256 cm³/mol. The molecule has 1 saturated carbocycles. The van der Waals surface area contributed by atoms with Gasteiger partial charge in [-0.3, -0.25) is 14.4 Å². The van der Waals surface area contributed by atoms with Crippen LogP contribution in [0.4, 0.5) is 0 Å². The van der Waals surface area contributed by atoms with Crippen LogP contribution in [-0.2, 0) is 48.1 Å². The van der Waals surface area contributed by atoms with Crippen molar-refractivity contribution in [3.05, 3.63) is 47.6 Å². The van der Waals surface area contributed by atoms with Gasteiger partial charge in [0.2, 0.25) is 15.8 Å². The lowest BCUT2D eigenvalue weighted by molar-refractivity contribution is -0.264. The Labute approximate surface area is 404 Å². The molecule has 0 aromatic rings. The minimum atomic E-state index is -3.60. The summed E-state index contributed by atoms with van der Waals surface area (Å²) in [5.74, 6) is -6.64. The summed E-state index contributed by atoms with van der Waals surface area (Å²) in [6.07, 6.45) is 13.4. The van der Waals surface area contributed by atoms with Crippen LogP contribution < -0.4 is 0 Å². The molecule has 4 saturated heterocycles. The number of Topliss-reactive ketones (excluding diaryl/α,β-unsaturated/α-hetero) is 2. The molecule has 15 nitrogen and oxygen atoms in total. The first-order valence-electron chi connectivity index (χ1n) is 25.3. The van der Waals surface area contributed by atoms with Gasteiger partial charge in [-0.15, -0.1) is 0 Å². The number of esters is 1. The number of ketones is 2. The average molecular weight is 973 g/mol. The van der Waals surface area contributed by atoms with Crippen molar-refractivity contribution in [1.82, 2.24) is 9.21 Å². The first-order chi connectivity index (χ1) is 32.2. The van der Waals surface area contributed by atoms with Gasteiger partial charge in [-0.1, -0.05) is 69.7 Å². The maximum absolute atomic E-state index is 14.5. The largest absolute Gasteiger partial charge is 0.461 e. The molecule has 5 bridgehead atoms. The number of ether oxygens (including phenoxy) is 4. The highest BCUT2D eigenvalue weighted by atomic mass is 32.2. The lowest BCUT2D eigenvalue weighted by Crippen LogP contribution is -2.61. The molecule has 5 fully saturated rings. The highest BCUT2D eigenvalue weighted by molar-refractivity contribution is 7.89. The van der Waals surface area contributed by atoms with Crippen LogP contribution in [-0.4, -0.2) is 144 Å². The molecule has 3 N–H and O–H groups in total. The van der Waals surface area contributed by atoms with Crippen molar-refractivity contribution in [1.29, 1.82) is 0 Å². The minimum Gasteiger partial charge on any atom is -0.461 e. The van der Waals surface area contributed by atoms with E-state index in [1.807, 2.05) is 64.2 Å². The zero-order valence-electron chi connectivity index (χ0n) is 41.7. The van der Waals surface area contributed by atoms with E-state index in [4.69, 9.17) is 18.9 Å². The predicted octanol–water partition coefficient (Wildman–Crippen LogP) is 5.61. The topological polar surface area (TPSA) is 207 Å². The zero-order valence-corrected chi connectivity index (χ0v) is 42.5. The molecular weight excluding hydrogens is 893 g/mol. The average Bonchev–Trinajstić information content (AvgIpc) is 3.62. The van der Waals surface area contributed by atoms with E-state index in [0.29, 0.717) is 69.9 Å². The second-order valence-corrected chi connectivity index (χ2v) is 23.3. The van der Waals surface area contributed by atoms with Crippen LogP contribution >= 0.6 is 0 Å². The summed E-state index contributed by atoms with van der Waals surface area (Å²) >= 11 is 0. The number of allylic oxidation sites excluding steroid dienone is 6. The fourth-order valence-electron chi connectivity index (χ4n) is 12.1. The molecule has 1 unspecified atom stereocenters. The van der Waals surface area contributed by atoms with Crippen LogP contribution in [0.3, 0.4) is 0 Å². The fourth-order valence-corrected chi connectivity index (χ4v) is 13.9.